The van der Waals surface area contributed by atoms with Crippen LogP contribution in [0.25, 0.3) is 49.7 Å². The number of halogens is 2. The molecule has 0 spiro atoms. The molecule has 154 valence electrons. The number of aromatic nitrogens is 2. The molecule has 0 amide bonds. The SMILES string of the molecule is Nc1cccc2ccc(-c3ccc(-n4c5ccc(Br)cc5c5cc(Br)ccc54)cc3)nc12. The summed E-state index contributed by atoms with van der Waals surface area (Å²) in [6.45, 7) is 0. The molecule has 0 aliphatic rings. The van der Waals surface area contributed by atoms with Crippen molar-refractivity contribution in [3.63, 3.8) is 0 Å². The average molecular weight is 543 g/mol. The van der Waals surface area contributed by atoms with Gasteiger partial charge >= 0.3 is 0 Å². The Kier molecular flexibility index (Phi) is 4.56. The van der Waals surface area contributed by atoms with E-state index in [0.29, 0.717) is 5.69 Å². The molecule has 32 heavy (non-hydrogen) atoms. The molecule has 2 aromatic heterocycles. The maximum absolute atomic E-state index is 6.15. The van der Waals surface area contributed by atoms with Crippen molar-refractivity contribution in [1.82, 2.24) is 9.55 Å². The predicted octanol–water partition coefficient (Wildman–Crippen LogP) is 8.11. The summed E-state index contributed by atoms with van der Waals surface area (Å²) < 4.78 is 4.45. The number of fused-ring (bicyclic) bond motifs is 4. The lowest BCUT2D eigenvalue weighted by Crippen LogP contribution is -1.94. The molecule has 0 unspecified atom stereocenters. The highest BCUT2D eigenvalue weighted by Crippen LogP contribution is 2.35. The van der Waals surface area contributed by atoms with E-state index in [0.717, 1.165) is 36.8 Å². The van der Waals surface area contributed by atoms with Gasteiger partial charge in [-0.15, -0.1) is 0 Å². The number of benzene rings is 4. The monoisotopic (exact) mass is 541 g/mol. The lowest BCUT2D eigenvalue weighted by molar-refractivity contribution is 1.18. The Balaban J connectivity index is 1.51. The fourth-order valence-electron chi connectivity index (χ4n) is 4.36. The van der Waals surface area contributed by atoms with Gasteiger partial charge in [0.2, 0.25) is 0 Å². The molecule has 0 aliphatic carbocycles. The van der Waals surface area contributed by atoms with Crippen molar-refractivity contribution in [2.45, 2.75) is 0 Å². The molecule has 0 saturated heterocycles. The smallest absolute Gasteiger partial charge is 0.0938 e. The van der Waals surface area contributed by atoms with Crippen molar-refractivity contribution in [3.8, 4) is 16.9 Å². The first-order chi connectivity index (χ1) is 15.6. The van der Waals surface area contributed by atoms with Gasteiger partial charge in [-0.25, -0.2) is 4.98 Å². The quantitative estimate of drug-likeness (QED) is 0.224. The highest BCUT2D eigenvalue weighted by molar-refractivity contribution is 9.10. The van der Waals surface area contributed by atoms with Gasteiger partial charge in [-0.05, 0) is 60.7 Å². The number of nitrogens with zero attached hydrogens (tertiary/aromatic N) is 2. The summed E-state index contributed by atoms with van der Waals surface area (Å²) in [6.07, 6.45) is 0. The summed E-state index contributed by atoms with van der Waals surface area (Å²) in [5.41, 5.74) is 13.1. The van der Waals surface area contributed by atoms with Crippen LogP contribution in [0.1, 0.15) is 0 Å². The number of rotatable bonds is 2. The highest BCUT2D eigenvalue weighted by atomic mass is 79.9. The van der Waals surface area contributed by atoms with Crippen LogP contribution < -0.4 is 5.73 Å². The van der Waals surface area contributed by atoms with E-state index < -0.39 is 0 Å². The second kappa shape index (κ2) is 7.47. The topological polar surface area (TPSA) is 43.8 Å². The molecule has 0 fully saturated rings. The molecule has 2 N–H and O–H groups in total. The molecule has 0 atom stereocenters. The first-order valence-electron chi connectivity index (χ1n) is 10.2. The minimum Gasteiger partial charge on any atom is -0.397 e. The number of pyridine rings is 1. The Bertz CT molecular complexity index is 1590. The highest BCUT2D eigenvalue weighted by Gasteiger charge is 2.13. The Hall–Kier alpha value is -3.15. The molecule has 2 heterocycles. The van der Waals surface area contributed by atoms with Crippen LogP contribution in [0.15, 0.2) is 99.9 Å². The molecular formula is C27H17Br2N3. The van der Waals surface area contributed by atoms with Gasteiger partial charge in [-0.3, -0.25) is 0 Å². The van der Waals surface area contributed by atoms with Crippen LogP contribution in [0.4, 0.5) is 5.69 Å². The number of anilines is 1. The van der Waals surface area contributed by atoms with E-state index in [1.54, 1.807) is 0 Å². The summed E-state index contributed by atoms with van der Waals surface area (Å²) >= 11 is 7.25. The fourth-order valence-corrected chi connectivity index (χ4v) is 5.08. The summed E-state index contributed by atoms with van der Waals surface area (Å²) in [7, 11) is 0. The number of para-hydroxylation sites is 1. The van der Waals surface area contributed by atoms with Gasteiger partial charge < -0.3 is 10.3 Å². The van der Waals surface area contributed by atoms with Crippen LogP contribution in [0.5, 0.6) is 0 Å². The summed E-state index contributed by atoms with van der Waals surface area (Å²) in [5.74, 6) is 0. The molecule has 6 aromatic rings. The minimum absolute atomic E-state index is 0.698. The van der Waals surface area contributed by atoms with E-state index in [2.05, 4.69) is 103 Å². The van der Waals surface area contributed by atoms with Gasteiger partial charge in [-0.2, -0.15) is 0 Å². The zero-order valence-corrected chi connectivity index (χ0v) is 20.1. The van der Waals surface area contributed by atoms with Crippen molar-refractivity contribution in [2.75, 3.05) is 5.73 Å². The molecular weight excluding hydrogens is 526 g/mol. The molecule has 6 rings (SSSR count). The second-order valence-electron chi connectivity index (χ2n) is 7.82. The van der Waals surface area contributed by atoms with Crippen LogP contribution in [-0.4, -0.2) is 9.55 Å². The van der Waals surface area contributed by atoms with Crippen LogP contribution >= 0.6 is 31.9 Å². The first kappa shape index (κ1) is 19.5. The van der Waals surface area contributed by atoms with E-state index in [9.17, 15) is 0 Å². The number of nitrogens with two attached hydrogens (primary N) is 1. The van der Waals surface area contributed by atoms with E-state index in [1.165, 1.54) is 21.8 Å². The van der Waals surface area contributed by atoms with E-state index >= 15 is 0 Å². The third-order valence-corrected chi connectivity index (χ3v) is 6.85. The van der Waals surface area contributed by atoms with Crippen molar-refractivity contribution >= 4 is 70.3 Å². The molecule has 5 heteroatoms. The molecule has 0 bridgehead atoms. The summed E-state index contributed by atoms with van der Waals surface area (Å²) in [6, 6.07) is 31.4. The second-order valence-corrected chi connectivity index (χ2v) is 9.65. The van der Waals surface area contributed by atoms with Crippen LogP contribution in [0.3, 0.4) is 0 Å². The lowest BCUT2D eigenvalue weighted by Gasteiger charge is -2.10. The largest absolute Gasteiger partial charge is 0.397 e. The van der Waals surface area contributed by atoms with Gasteiger partial charge in [0.25, 0.3) is 0 Å². The molecule has 0 saturated carbocycles. The average Bonchev–Trinajstić information content (AvgIpc) is 3.12. The normalized spacial score (nSPS) is 11.6. The first-order valence-corrected chi connectivity index (χ1v) is 11.8. The maximum atomic E-state index is 6.15. The number of hydrogen-bond acceptors (Lipinski definition) is 2. The van der Waals surface area contributed by atoms with Gasteiger partial charge in [0, 0.05) is 36.4 Å². The van der Waals surface area contributed by atoms with E-state index in [-0.39, 0.29) is 0 Å². The zero-order chi connectivity index (χ0) is 21.8. The zero-order valence-electron chi connectivity index (χ0n) is 16.9. The Labute approximate surface area is 201 Å². The molecule has 3 nitrogen and oxygen atoms in total. The van der Waals surface area contributed by atoms with E-state index in [1.807, 2.05) is 24.3 Å². The van der Waals surface area contributed by atoms with Gasteiger partial charge in [-0.1, -0.05) is 62.2 Å². The van der Waals surface area contributed by atoms with Crippen molar-refractivity contribution in [3.05, 3.63) is 99.9 Å². The Morgan fingerprint density at radius 2 is 1.34 bits per heavy atom. The number of nitrogen functional groups attached to an aromatic ring is 1. The summed E-state index contributed by atoms with van der Waals surface area (Å²) in [4.78, 5) is 4.81. The van der Waals surface area contributed by atoms with Gasteiger partial charge in [0.1, 0.15) is 0 Å². The predicted molar refractivity (Wildman–Crippen MR) is 141 cm³/mol. The Morgan fingerprint density at radius 1 is 0.688 bits per heavy atom. The fraction of sp³-hybridized carbons (Fsp3) is 0. The van der Waals surface area contributed by atoms with E-state index in [4.69, 9.17) is 10.7 Å². The molecule has 0 aliphatic heterocycles. The van der Waals surface area contributed by atoms with Crippen LogP contribution in [0.2, 0.25) is 0 Å². The third kappa shape index (κ3) is 3.12. The van der Waals surface area contributed by atoms with Crippen molar-refractivity contribution in [2.24, 2.45) is 0 Å². The van der Waals surface area contributed by atoms with Gasteiger partial charge in [0.15, 0.2) is 0 Å². The lowest BCUT2D eigenvalue weighted by atomic mass is 10.1. The van der Waals surface area contributed by atoms with Gasteiger partial charge in [0.05, 0.1) is 27.9 Å². The minimum atomic E-state index is 0.698. The van der Waals surface area contributed by atoms with Crippen molar-refractivity contribution in [1.29, 1.82) is 0 Å². The third-order valence-electron chi connectivity index (χ3n) is 5.86. The van der Waals surface area contributed by atoms with Crippen molar-refractivity contribution < 1.29 is 0 Å². The molecule has 4 aromatic carbocycles. The number of hydrogen-bond donors (Lipinski definition) is 1. The Morgan fingerprint density at radius 3 is 2.00 bits per heavy atom. The standard InChI is InChI=1S/C27H17Br2N3/c28-18-7-12-25-21(14-18)22-15-19(29)8-13-26(22)32(25)20-9-4-16(5-10-20)24-11-6-17-2-1-3-23(30)27(17)31-24/h1-15H,30H2. The van der Waals surface area contributed by atoms with Crippen LogP contribution in [0, 0.1) is 0 Å². The molecule has 0 radical (unpaired) electrons. The summed E-state index contributed by atoms with van der Waals surface area (Å²) in [5, 5.41) is 3.48. The maximum Gasteiger partial charge on any atom is 0.0938 e. The van der Waals surface area contributed by atoms with Crippen LogP contribution in [-0.2, 0) is 0 Å².